The molecule has 112 valence electrons. The zero-order valence-corrected chi connectivity index (χ0v) is 13.3. The molecule has 1 aromatic rings. The van der Waals surface area contributed by atoms with E-state index in [0.29, 0.717) is 11.7 Å². The molecule has 0 heterocycles. The minimum Gasteiger partial charge on any atom is -0.323 e. The summed E-state index contributed by atoms with van der Waals surface area (Å²) in [6, 6.07) is 8.41. The highest BCUT2D eigenvalue weighted by atomic mass is 32.2. The summed E-state index contributed by atoms with van der Waals surface area (Å²) in [6.45, 7) is 2.19. The summed E-state index contributed by atoms with van der Waals surface area (Å²) in [4.78, 5) is 0. The maximum atomic E-state index is 12.2. The number of hydrogen-bond acceptors (Lipinski definition) is 2. The molecule has 0 radical (unpaired) electrons. The van der Waals surface area contributed by atoms with Crippen LogP contribution in [0.3, 0.4) is 0 Å². The first kappa shape index (κ1) is 15.7. The molecule has 1 aliphatic carbocycles. The fraction of sp³-hybridized carbons (Fsp3) is 0.647. The van der Waals surface area contributed by atoms with Crippen LogP contribution in [0.1, 0.15) is 56.2 Å². The summed E-state index contributed by atoms with van der Waals surface area (Å²) in [6.07, 6.45) is 7.42. The lowest BCUT2D eigenvalue weighted by Crippen LogP contribution is -2.21. The maximum Gasteiger partial charge on any atom is 0.0428 e. The lowest BCUT2D eigenvalue weighted by Gasteiger charge is -2.14. The molecule has 0 bridgehead atoms. The van der Waals surface area contributed by atoms with Crippen molar-refractivity contribution in [1.29, 1.82) is 0 Å². The van der Waals surface area contributed by atoms with Crippen LogP contribution in [0.15, 0.2) is 24.3 Å². The van der Waals surface area contributed by atoms with E-state index in [9.17, 15) is 4.21 Å². The van der Waals surface area contributed by atoms with Gasteiger partial charge in [0.25, 0.3) is 0 Å². The second-order valence-corrected chi connectivity index (χ2v) is 7.57. The molecule has 0 saturated heterocycles. The third kappa shape index (κ3) is 4.71. The third-order valence-corrected chi connectivity index (χ3v) is 5.78. The molecule has 0 spiro atoms. The number of hydrogen-bond donors (Lipinski definition) is 1. The van der Waals surface area contributed by atoms with Gasteiger partial charge in [-0.2, -0.15) is 0 Å². The van der Waals surface area contributed by atoms with E-state index in [1.807, 2.05) is 0 Å². The summed E-state index contributed by atoms with van der Waals surface area (Å²) < 4.78 is 12.2. The van der Waals surface area contributed by atoms with E-state index in [1.165, 1.54) is 31.2 Å². The Kier molecular flexibility index (Phi) is 6.24. The van der Waals surface area contributed by atoms with Gasteiger partial charge in [0.15, 0.2) is 0 Å². The van der Waals surface area contributed by atoms with Gasteiger partial charge < -0.3 is 5.73 Å². The summed E-state index contributed by atoms with van der Waals surface area (Å²) in [5.74, 6) is 2.13. The van der Waals surface area contributed by atoms with Crippen LogP contribution >= 0.6 is 0 Å². The van der Waals surface area contributed by atoms with Gasteiger partial charge in [-0.25, -0.2) is 0 Å². The first-order valence-electron chi connectivity index (χ1n) is 7.88. The van der Waals surface area contributed by atoms with Crippen LogP contribution < -0.4 is 5.73 Å². The van der Waals surface area contributed by atoms with Gasteiger partial charge in [0.2, 0.25) is 0 Å². The smallest absolute Gasteiger partial charge is 0.0428 e. The van der Waals surface area contributed by atoms with Crippen LogP contribution in [-0.4, -0.2) is 15.7 Å². The fourth-order valence-corrected chi connectivity index (χ4v) is 4.61. The number of benzene rings is 1. The predicted molar refractivity (Wildman–Crippen MR) is 87.2 cm³/mol. The predicted octanol–water partition coefficient (Wildman–Crippen LogP) is 3.58. The molecule has 2 rings (SSSR count). The lowest BCUT2D eigenvalue weighted by atomic mass is 10.0. The Hall–Kier alpha value is -0.670. The largest absolute Gasteiger partial charge is 0.323 e. The molecular formula is C17H27NOS. The van der Waals surface area contributed by atoms with Crippen molar-refractivity contribution >= 4 is 10.8 Å². The molecule has 2 unspecified atom stereocenters. The SMILES string of the molecule is CCCc1ccc(C(N)CS(=O)CC2CCCC2)cc1. The first-order chi connectivity index (χ1) is 9.69. The van der Waals surface area contributed by atoms with Crippen LogP contribution in [0.5, 0.6) is 0 Å². The van der Waals surface area contributed by atoms with Gasteiger partial charge in [-0.1, -0.05) is 50.5 Å². The van der Waals surface area contributed by atoms with Crippen molar-refractivity contribution in [3.05, 3.63) is 35.4 Å². The molecule has 2 atom stereocenters. The van der Waals surface area contributed by atoms with Gasteiger partial charge >= 0.3 is 0 Å². The minimum atomic E-state index is -0.774. The lowest BCUT2D eigenvalue weighted by molar-refractivity contribution is 0.602. The molecule has 2 N–H and O–H groups in total. The topological polar surface area (TPSA) is 43.1 Å². The summed E-state index contributed by atoms with van der Waals surface area (Å²) in [5, 5.41) is 0. The van der Waals surface area contributed by atoms with E-state index < -0.39 is 10.8 Å². The fourth-order valence-electron chi connectivity index (χ4n) is 3.02. The van der Waals surface area contributed by atoms with Crippen molar-refractivity contribution in [3.8, 4) is 0 Å². The van der Waals surface area contributed by atoms with Crippen molar-refractivity contribution in [3.63, 3.8) is 0 Å². The standard InChI is InChI=1S/C17H27NOS/c1-2-5-14-8-10-16(11-9-14)17(18)13-20(19)12-15-6-3-4-7-15/h8-11,15,17H,2-7,12-13,18H2,1H3. The molecule has 0 aromatic heterocycles. The Morgan fingerprint density at radius 2 is 1.90 bits per heavy atom. The number of aryl methyl sites for hydroxylation is 1. The van der Waals surface area contributed by atoms with Crippen molar-refractivity contribution in [2.24, 2.45) is 11.7 Å². The van der Waals surface area contributed by atoms with Gasteiger partial charge in [0.05, 0.1) is 0 Å². The zero-order valence-electron chi connectivity index (χ0n) is 12.5. The summed E-state index contributed by atoms with van der Waals surface area (Å²) in [5.41, 5.74) is 8.67. The highest BCUT2D eigenvalue weighted by molar-refractivity contribution is 7.85. The van der Waals surface area contributed by atoms with Crippen molar-refractivity contribution < 1.29 is 4.21 Å². The van der Waals surface area contributed by atoms with E-state index in [2.05, 4.69) is 31.2 Å². The molecule has 0 amide bonds. The van der Waals surface area contributed by atoms with Crippen LogP contribution in [0, 0.1) is 5.92 Å². The maximum absolute atomic E-state index is 12.2. The zero-order chi connectivity index (χ0) is 14.4. The van der Waals surface area contributed by atoms with Gasteiger partial charge in [0.1, 0.15) is 0 Å². The van der Waals surface area contributed by atoms with E-state index in [-0.39, 0.29) is 6.04 Å². The van der Waals surface area contributed by atoms with Crippen molar-refractivity contribution in [2.75, 3.05) is 11.5 Å². The van der Waals surface area contributed by atoms with Crippen molar-refractivity contribution in [1.82, 2.24) is 0 Å². The van der Waals surface area contributed by atoms with E-state index >= 15 is 0 Å². The third-order valence-electron chi connectivity index (χ3n) is 4.21. The Labute approximate surface area is 125 Å². The van der Waals surface area contributed by atoms with Gasteiger partial charge in [-0.3, -0.25) is 4.21 Å². The van der Waals surface area contributed by atoms with Crippen LogP contribution in [0.4, 0.5) is 0 Å². The molecule has 1 aromatic carbocycles. The van der Waals surface area contributed by atoms with Gasteiger partial charge in [-0.15, -0.1) is 0 Å². The molecule has 20 heavy (non-hydrogen) atoms. The van der Waals surface area contributed by atoms with Crippen LogP contribution in [0.25, 0.3) is 0 Å². The highest BCUT2D eigenvalue weighted by Gasteiger charge is 2.19. The Morgan fingerprint density at radius 1 is 1.25 bits per heavy atom. The average molecular weight is 293 g/mol. The Balaban J connectivity index is 1.83. The second kappa shape index (κ2) is 7.94. The molecule has 2 nitrogen and oxygen atoms in total. The van der Waals surface area contributed by atoms with E-state index in [0.717, 1.165) is 24.2 Å². The average Bonchev–Trinajstić information content (AvgIpc) is 2.92. The quantitative estimate of drug-likeness (QED) is 0.835. The van der Waals surface area contributed by atoms with Crippen LogP contribution in [0.2, 0.25) is 0 Å². The monoisotopic (exact) mass is 293 g/mol. The molecule has 1 saturated carbocycles. The summed E-state index contributed by atoms with van der Waals surface area (Å²) >= 11 is 0. The minimum absolute atomic E-state index is 0.0899. The van der Waals surface area contributed by atoms with Crippen molar-refractivity contribution in [2.45, 2.75) is 51.5 Å². The molecule has 1 aliphatic rings. The van der Waals surface area contributed by atoms with Gasteiger partial charge in [-0.05, 0) is 36.3 Å². The highest BCUT2D eigenvalue weighted by Crippen LogP contribution is 2.26. The Morgan fingerprint density at radius 3 is 2.50 bits per heavy atom. The van der Waals surface area contributed by atoms with E-state index in [4.69, 9.17) is 5.73 Å². The number of rotatable bonds is 7. The molecule has 0 aliphatic heterocycles. The molecular weight excluding hydrogens is 266 g/mol. The summed E-state index contributed by atoms with van der Waals surface area (Å²) in [7, 11) is -0.774. The second-order valence-electron chi connectivity index (χ2n) is 6.02. The van der Waals surface area contributed by atoms with E-state index in [1.54, 1.807) is 0 Å². The Bertz CT molecular complexity index is 423. The normalized spacial score (nSPS) is 19.1. The van der Waals surface area contributed by atoms with Gasteiger partial charge in [0, 0.05) is 28.3 Å². The molecule has 3 heteroatoms. The first-order valence-corrected chi connectivity index (χ1v) is 9.37. The molecule has 1 fully saturated rings. The van der Waals surface area contributed by atoms with Crippen LogP contribution in [-0.2, 0) is 17.2 Å². The number of nitrogens with two attached hydrogens (primary N) is 1.